The second-order valence-electron chi connectivity index (χ2n) is 20.7. The quantitative estimate of drug-likeness (QED) is 0.217. The van der Waals surface area contributed by atoms with Crippen molar-refractivity contribution in [3.63, 3.8) is 0 Å². The van der Waals surface area contributed by atoms with E-state index in [-0.39, 0.29) is 45.6 Å². The lowest BCUT2D eigenvalue weighted by Crippen LogP contribution is -2.67. The maximum atomic E-state index is 14.9. The fraction of sp³-hybridized carbons (Fsp3) is 0.761. The first kappa shape index (κ1) is 37.7. The Morgan fingerprint density at radius 2 is 1.62 bits per heavy atom. The highest BCUT2D eigenvalue weighted by Gasteiger charge is 2.72. The first-order valence-corrected chi connectivity index (χ1v) is 20.8. The molecule has 52 heavy (non-hydrogen) atoms. The molecular formula is C46H67NO5. The highest BCUT2D eigenvalue weighted by Crippen LogP contribution is 2.77. The second-order valence-corrected chi connectivity index (χ2v) is 20.7. The van der Waals surface area contributed by atoms with Crippen LogP contribution in [-0.2, 0) is 25.5 Å². The van der Waals surface area contributed by atoms with E-state index in [0.29, 0.717) is 35.5 Å². The van der Waals surface area contributed by atoms with Crippen LogP contribution in [0.5, 0.6) is 0 Å². The number of rotatable bonds is 7. The number of hydrogen-bond acceptors (Lipinski definition) is 4. The summed E-state index contributed by atoms with van der Waals surface area (Å²) in [5.74, 6) is 1.12. The van der Waals surface area contributed by atoms with Crippen LogP contribution in [0.2, 0.25) is 0 Å². The number of fused-ring (bicyclic) bond motifs is 8. The minimum Gasteiger partial charge on any atom is -0.481 e. The van der Waals surface area contributed by atoms with Gasteiger partial charge in [-0.15, -0.1) is 0 Å². The van der Waals surface area contributed by atoms with Gasteiger partial charge in [0.25, 0.3) is 0 Å². The minimum absolute atomic E-state index is 0.106. The average Bonchev–Trinajstić information content (AvgIpc) is 3.48. The molecule has 5 fully saturated rings. The zero-order valence-electron chi connectivity index (χ0n) is 33.5. The molecule has 7 unspecified atom stereocenters. The van der Waals surface area contributed by atoms with Crippen LogP contribution in [0.1, 0.15) is 156 Å². The standard InChI is InChI=1S/C46H67NO5/c1-28(2)30-19-24-46(39(49)47-33-16-12-14-29-13-10-11-15-31(29)33)26-25-44(8)32(38(30)46)17-18-35-43(7)22-21-36(52-37(48)27-41(3,4)40(50)51)42(5,6)34(43)20-23-45(35,44)9/h10-11,13,15,30,32-36,38H,1,12,14,16-27H2,2-9H3,(H,47,49)(H,50,51)/t30-,32?,33?,34?,35?,36-,38?,43-,44+,45?,46?/m0/s1. The molecule has 0 radical (unpaired) electrons. The van der Waals surface area contributed by atoms with Crippen LogP contribution in [0, 0.1) is 62.1 Å². The number of esters is 1. The lowest BCUT2D eigenvalue weighted by molar-refractivity contribution is -0.249. The van der Waals surface area contributed by atoms with E-state index in [9.17, 15) is 19.5 Å². The first-order valence-electron chi connectivity index (χ1n) is 20.8. The van der Waals surface area contributed by atoms with Crippen LogP contribution in [0.25, 0.3) is 0 Å². The number of nitrogens with one attached hydrogen (secondary N) is 1. The first-order chi connectivity index (χ1) is 24.3. The minimum atomic E-state index is -1.15. The number of benzene rings is 1. The molecule has 0 saturated heterocycles. The van der Waals surface area contributed by atoms with Gasteiger partial charge < -0.3 is 15.2 Å². The monoisotopic (exact) mass is 714 g/mol. The number of allylic oxidation sites excluding steroid dienone is 1. The molecule has 0 bridgehead atoms. The van der Waals surface area contributed by atoms with Crippen molar-refractivity contribution in [2.45, 2.75) is 157 Å². The summed E-state index contributed by atoms with van der Waals surface area (Å²) in [5.41, 5.74) is 2.69. The van der Waals surface area contributed by atoms with E-state index in [4.69, 9.17) is 4.74 Å². The van der Waals surface area contributed by atoms with Crippen molar-refractivity contribution in [2.24, 2.45) is 62.1 Å². The molecule has 6 nitrogen and oxygen atoms in total. The highest BCUT2D eigenvalue weighted by atomic mass is 16.5. The van der Waals surface area contributed by atoms with Crippen LogP contribution < -0.4 is 5.32 Å². The summed E-state index contributed by atoms with van der Waals surface area (Å²) < 4.78 is 6.19. The lowest BCUT2D eigenvalue weighted by Gasteiger charge is -2.72. The fourth-order valence-electron chi connectivity index (χ4n) is 14.6. The fourth-order valence-corrected chi connectivity index (χ4v) is 14.6. The van der Waals surface area contributed by atoms with Crippen molar-refractivity contribution >= 4 is 17.8 Å². The Hall–Kier alpha value is -2.63. The van der Waals surface area contributed by atoms with Gasteiger partial charge in [0, 0.05) is 5.41 Å². The van der Waals surface area contributed by atoms with E-state index in [2.05, 4.69) is 77.7 Å². The van der Waals surface area contributed by atoms with Gasteiger partial charge in [-0.25, -0.2) is 0 Å². The molecule has 6 heteroatoms. The predicted molar refractivity (Wildman–Crippen MR) is 205 cm³/mol. The number of hydrogen-bond donors (Lipinski definition) is 2. The number of amides is 1. The van der Waals surface area contributed by atoms with Crippen molar-refractivity contribution in [3.05, 3.63) is 47.5 Å². The molecule has 1 aromatic rings. The molecular weight excluding hydrogens is 647 g/mol. The molecule has 0 spiro atoms. The number of ether oxygens (including phenoxy) is 1. The van der Waals surface area contributed by atoms with Gasteiger partial charge in [-0.3, -0.25) is 14.4 Å². The Labute approximate surface area is 313 Å². The van der Waals surface area contributed by atoms with E-state index in [1.54, 1.807) is 13.8 Å². The van der Waals surface area contributed by atoms with Crippen LogP contribution in [0.4, 0.5) is 0 Å². The third-order valence-corrected chi connectivity index (χ3v) is 17.6. The number of aliphatic carboxylic acids is 1. The van der Waals surface area contributed by atoms with Crippen molar-refractivity contribution in [2.75, 3.05) is 0 Å². The molecule has 1 amide bonds. The second kappa shape index (κ2) is 12.7. The zero-order valence-corrected chi connectivity index (χ0v) is 33.5. The average molecular weight is 714 g/mol. The molecule has 0 aromatic heterocycles. The van der Waals surface area contributed by atoms with Gasteiger partial charge in [-0.05, 0) is 161 Å². The zero-order chi connectivity index (χ0) is 37.6. The van der Waals surface area contributed by atoms with Crippen LogP contribution in [0.3, 0.4) is 0 Å². The summed E-state index contributed by atoms with van der Waals surface area (Å²) in [6.45, 7) is 22.4. The van der Waals surface area contributed by atoms with E-state index in [0.717, 1.165) is 77.0 Å². The van der Waals surface area contributed by atoms with Gasteiger partial charge in [-0.2, -0.15) is 0 Å². The highest BCUT2D eigenvalue weighted by molar-refractivity contribution is 5.84. The Morgan fingerprint density at radius 3 is 2.33 bits per heavy atom. The van der Waals surface area contributed by atoms with Crippen LogP contribution >= 0.6 is 0 Å². The molecule has 7 rings (SSSR count). The van der Waals surface area contributed by atoms with E-state index in [1.807, 2.05) is 0 Å². The Kier molecular flexibility index (Phi) is 9.22. The van der Waals surface area contributed by atoms with Gasteiger partial charge >= 0.3 is 11.9 Å². The van der Waals surface area contributed by atoms with Gasteiger partial charge in [0.05, 0.1) is 23.3 Å². The van der Waals surface area contributed by atoms with Gasteiger partial charge in [-0.1, -0.05) is 71.0 Å². The number of carbonyl (C=O) groups excluding carboxylic acids is 2. The third-order valence-electron chi connectivity index (χ3n) is 17.6. The number of carbonyl (C=O) groups is 3. The van der Waals surface area contributed by atoms with Crippen LogP contribution in [-0.4, -0.2) is 29.1 Å². The molecule has 286 valence electrons. The van der Waals surface area contributed by atoms with Crippen LogP contribution in [0.15, 0.2) is 36.4 Å². The maximum Gasteiger partial charge on any atom is 0.309 e. The third kappa shape index (κ3) is 5.48. The summed E-state index contributed by atoms with van der Waals surface area (Å²) >= 11 is 0. The SMILES string of the molecule is C=C(C)[C@@H]1CCC2(C(=O)NC3CCCc4ccccc43)CC[C@]3(C)C(CCC4C3(C)CCC3C(C)(C)[C@@H](OC(=O)CC(C)(C)C(=O)O)CC[C@@]34C)C12. The number of aryl methyl sites for hydroxylation is 1. The van der Waals surface area contributed by atoms with E-state index < -0.39 is 17.4 Å². The maximum absolute atomic E-state index is 14.9. The Morgan fingerprint density at radius 1 is 0.885 bits per heavy atom. The summed E-state index contributed by atoms with van der Waals surface area (Å²) in [7, 11) is 0. The predicted octanol–water partition coefficient (Wildman–Crippen LogP) is 10.3. The van der Waals surface area contributed by atoms with Gasteiger partial charge in [0.15, 0.2) is 0 Å². The summed E-state index contributed by atoms with van der Waals surface area (Å²) in [6, 6.07) is 8.84. The van der Waals surface area contributed by atoms with Gasteiger partial charge in [0.2, 0.25) is 5.91 Å². The molecule has 6 aliphatic rings. The van der Waals surface area contributed by atoms with E-state index >= 15 is 0 Å². The smallest absolute Gasteiger partial charge is 0.309 e. The van der Waals surface area contributed by atoms with Crippen molar-refractivity contribution in [1.29, 1.82) is 0 Å². The lowest BCUT2D eigenvalue weighted by atomic mass is 9.32. The topological polar surface area (TPSA) is 92.7 Å². The number of carboxylic acid groups (broad SMARTS) is 1. The molecule has 0 heterocycles. The number of carboxylic acids is 1. The molecule has 0 aliphatic heterocycles. The molecule has 1 aromatic carbocycles. The van der Waals surface area contributed by atoms with Crippen molar-refractivity contribution in [1.82, 2.24) is 5.32 Å². The summed E-state index contributed by atoms with van der Waals surface area (Å²) in [4.78, 5) is 39.8. The van der Waals surface area contributed by atoms with Gasteiger partial charge in [0.1, 0.15) is 6.10 Å². The molecule has 11 atom stereocenters. The Balaban J connectivity index is 1.15. The largest absolute Gasteiger partial charge is 0.481 e. The Bertz CT molecular complexity index is 1630. The molecule has 2 N–H and O–H groups in total. The normalized spacial score (nSPS) is 42.0. The van der Waals surface area contributed by atoms with E-state index in [1.165, 1.54) is 23.1 Å². The molecule has 5 saturated carbocycles. The summed E-state index contributed by atoms with van der Waals surface area (Å²) in [6.07, 6.45) is 13.5. The van der Waals surface area contributed by atoms with Crippen molar-refractivity contribution in [3.8, 4) is 0 Å². The van der Waals surface area contributed by atoms with Crippen molar-refractivity contribution < 1.29 is 24.2 Å². The molecule has 6 aliphatic carbocycles. The summed E-state index contributed by atoms with van der Waals surface area (Å²) in [5, 5.41) is 13.3.